The smallest absolute Gasteiger partial charge is 0.252 e. The first kappa shape index (κ1) is 9.68. The molecule has 0 spiro atoms. The lowest BCUT2D eigenvalue weighted by Gasteiger charge is -2.03. The highest BCUT2D eigenvalue weighted by Crippen LogP contribution is 2.22. The van der Waals surface area contributed by atoms with E-state index in [4.69, 9.17) is 11.0 Å². The minimum atomic E-state index is 0.138. The Morgan fingerprint density at radius 3 is 2.87 bits per heavy atom. The maximum absolute atomic E-state index is 8.59. The monoisotopic (exact) mass is 263 g/mol. The van der Waals surface area contributed by atoms with Crippen molar-refractivity contribution in [3.8, 4) is 11.8 Å². The lowest BCUT2D eigenvalue weighted by Crippen LogP contribution is -1.97. The molecule has 2 N–H and O–H groups in total. The van der Waals surface area contributed by atoms with Crippen LogP contribution in [0.4, 0.5) is 5.69 Å². The van der Waals surface area contributed by atoms with Crippen molar-refractivity contribution in [2.24, 2.45) is 0 Å². The van der Waals surface area contributed by atoms with Crippen LogP contribution in [0.1, 0.15) is 5.82 Å². The van der Waals surface area contributed by atoms with E-state index in [1.807, 2.05) is 6.07 Å². The number of nitrogen functional groups attached to an aromatic ring is 1. The van der Waals surface area contributed by atoms with E-state index in [0.717, 1.165) is 10.2 Å². The van der Waals surface area contributed by atoms with Gasteiger partial charge < -0.3 is 5.73 Å². The standard InChI is InChI=1S/C9H6BrN5/c10-7-3-6(12)1-2-8(7)15-5-13-9(4-11)14-15/h1-3,5H,12H2. The summed E-state index contributed by atoms with van der Waals surface area (Å²) in [6.45, 7) is 0. The van der Waals surface area contributed by atoms with Gasteiger partial charge in [0.2, 0.25) is 0 Å². The highest BCUT2D eigenvalue weighted by atomic mass is 79.9. The molecule has 2 rings (SSSR count). The Labute approximate surface area is 94.3 Å². The van der Waals surface area contributed by atoms with Crippen LogP contribution in [-0.4, -0.2) is 14.8 Å². The molecule has 6 heteroatoms. The van der Waals surface area contributed by atoms with Gasteiger partial charge in [0, 0.05) is 10.2 Å². The Bertz CT molecular complexity index is 540. The Balaban J connectivity index is 2.50. The molecule has 0 amide bonds. The fraction of sp³-hybridized carbons (Fsp3) is 0. The predicted molar refractivity (Wildman–Crippen MR) is 58.2 cm³/mol. The van der Waals surface area contributed by atoms with Crippen molar-refractivity contribution in [2.45, 2.75) is 0 Å². The third-order valence-electron chi connectivity index (χ3n) is 1.81. The largest absolute Gasteiger partial charge is 0.399 e. The molecule has 1 aromatic heterocycles. The molecule has 0 aliphatic rings. The number of rotatable bonds is 1. The maximum Gasteiger partial charge on any atom is 0.252 e. The fourth-order valence-corrected chi connectivity index (χ4v) is 1.72. The lowest BCUT2D eigenvalue weighted by molar-refractivity contribution is 0.868. The summed E-state index contributed by atoms with van der Waals surface area (Å²) in [5, 5.41) is 12.6. The Morgan fingerprint density at radius 2 is 2.27 bits per heavy atom. The van der Waals surface area contributed by atoms with E-state index in [1.54, 1.807) is 18.2 Å². The molecule has 15 heavy (non-hydrogen) atoms. The number of benzene rings is 1. The summed E-state index contributed by atoms with van der Waals surface area (Å²) in [6.07, 6.45) is 1.48. The molecule has 0 unspecified atom stereocenters. The molecule has 0 saturated heterocycles. The first-order valence-electron chi connectivity index (χ1n) is 4.08. The van der Waals surface area contributed by atoms with Crippen molar-refractivity contribution in [3.05, 3.63) is 34.8 Å². The molecule has 0 aliphatic heterocycles. The Kier molecular flexibility index (Phi) is 2.39. The van der Waals surface area contributed by atoms with Gasteiger partial charge in [0.15, 0.2) is 0 Å². The molecule has 0 aliphatic carbocycles. The van der Waals surface area contributed by atoms with E-state index in [0.29, 0.717) is 5.69 Å². The van der Waals surface area contributed by atoms with Crippen molar-refractivity contribution in [1.29, 1.82) is 5.26 Å². The number of halogens is 1. The normalized spacial score (nSPS) is 9.87. The van der Waals surface area contributed by atoms with Crippen molar-refractivity contribution in [3.63, 3.8) is 0 Å². The fourth-order valence-electron chi connectivity index (χ4n) is 1.14. The van der Waals surface area contributed by atoms with Crippen LogP contribution in [0.25, 0.3) is 5.69 Å². The van der Waals surface area contributed by atoms with Crippen molar-refractivity contribution < 1.29 is 0 Å². The number of hydrogen-bond donors (Lipinski definition) is 1. The summed E-state index contributed by atoms with van der Waals surface area (Å²) in [5.41, 5.74) is 7.06. The molecular formula is C9H6BrN5. The van der Waals surface area contributed by atoms with E-state index < -0.39 is 0 Å². The Morgan fingerprint density at radius 1 is 1.47 bits per heavy atom. The minimum Gasteiger partial charge on any atom is -0.399 e. The number of hydrogen-bond acceptors (Lipinski definition) is 4. The van der Waals surface area contributed by atoms with Gasteiger partial charge in [-0.3, -0.25) is 0 Å². The molecule has 0 saturated carbocycles. The first-order valence-corrected chi connectivity index (χ1v) is 4.87. The van der Waals surface area contributed by atoms with Gasteiger partial charge in [0.1, 0.15) is 12.4 Å². The average Bonchev–Trinajstić information content (AvgIpc) is 2.66. The topological polar surface area (TPSA) is 80.5 Å². The second-order valence-corrected chi connectivity index (χ2v) is 3.69. The highest BCUT2D eigenvalue weighted by molar-refractivity contribution is 9.10. The summed E-state index contributed by atoms with van der Waals surface area (Å²) in [6, 6.07) is 7.19. The summed E-state index contributed by atoms with van der Waals surface area (Å²) in [5.74, 6) is 0.138. The Hall–Kier alpha value is -1.87. The molecule has 2 aromatic rings. The van der Waals surface area contributed by atoms with Crippen molar-refractivity contribution >= 4 is 21.6 Å². The number of anilines is 1. The summed E-state index contributed by atoms with van der Waals surface area (Å²) in [4.78, 5) is 3.81. The number of aromatic nitrogens is 3. The van der Waals surface area contributed by atoms with Gasteiger partial charge in [-0.1, -0.05) is 0 Å². The van der Waals surface area contributed by atoms with Crippen LogP contribution in [-0.2, 0) is 0 Å². The van der Waals surface area contributed by atoms with Crippen LogP contribution in [0, 0.1) is 11.3 Å². The SMILES string of the molecule is N#Cc1ncn(-c2ccc(N)cc2Br)n1. The molecule has 0 atom stereocenters. The summed E-state index contributed by atoms with van der Waals surface area (Å²) >= 11 is 3.36. The molecule has 0 radical (unpaired) electrons. The summed E-state index contributed by atoms with van der Waals surface area (Å²) < 4.78 is 2.32. The van der Waals surface area contributed by atoms with E-state index >= 15 is 0 Å². The third kappa shape index (κ3) is 1.82. The number of nitriles is 1. The second-order valence-electron chi connectivity index (χ2n) is 2.84. The van der Waals surface area contributed by atoms with Crippen LogP contribution in [0.15, 0.2) is 29.0 Å². The highest BCUT2D eigenvalue weighted by Gasteiger charge is 2.05. The molecular weight excluding hydrogens is 258 g/mol. The molecule has 1 aromatic carbocycles. The van der Waals surface area contributed by atoms with Crippen molar-refractivity contribution in [1.82, 2.24) is 14.8 Å². The van der Waals surface area contributed by atoms with Gasteiger partial charge in [-0.2, -0.15) is 5.26 Å². The van der Waals surface area contributed by atoms with Crippen LogP contribution >= 0.6 is 15.9 Å². The van der Waals surface area contributed by atoms with E-state index in [1.165, 1.54) is 11.0 Å². The third-order valence-corrected chi connectivity index (χ3v) is 2.45. The summed E-state index contributed by atoms with van der Waals surface area (Å²) in [7, 11) is 0. The maximum atomic E-state index is 8.59. The van der Waals surface area contributed by atoms with Crippen LogP contribution in [0.5, 0.6) is 0 Å². The molecule has 1 heterocycles. The number of nitrogens with zero attached hydrogens (tertiary/aromatic N) is 4. The van der Waals surface area contributed by atoms with Crippen LogP contribution in [0.3, 0.4) is 0 Å². The molecule has 74 valence electrons. The second kappa shape index (κ2) is 3.71. The van der Waals surface area contributed by atoms with E-state index in [-0.39, 0.29) is 5.82 Å². The zero-order chi connectivity index (χ0) is 10.8. The number of nitrogens with two attached hydrogens (primary N) is 1. The van der Waals surface area contributed by atoms with Gasteiger partial charge in [0.25, 0.3) is 5.82 Å². The lowest BCUT2D eigenvalue weighted by atomic mass is 10.3. The minimum absolute atomic E-state index is 0.138. The van der Waals surface area contributed by atoms with Gasteiger partial charge in [-0.25, -0.2) is 9.67 Å². The molecule has 5 nitrogen and oxygen atoms in total. The molecule has 0 bridgehead atoms. The van der Waals surface area contributed by atoms with Gasteiger partial charge in [-0.05, 0) is 34.1 Å². The van der Waals surface area contributed by atoms with E-state index in [2.05, 4.69) is 26.0 Å². The van der Waals surface area contributed by atoms with Crippen LogP contribution in [0.2, 0.25) is 0 Å². The van der Waals surface area contributed by atoms with Gasteiger partial charge >= 0.3 is 0 Å². The van der Waals surface area contributed by atoms with Crippen LogP contribution < -0.4 is 5.73 Å². The first-order chi connectivity index (χ1) is 7.20. The zero-order valence-corrected chi connectivity index (χ0v) is 9.14. The predicted octanol–water partition coefficient (Wildman–Crippen LogP) is 1.48. The van der Waals surface area contributed by atoms with E-state index in [9.17, 15) is 0 Å². The average molecular weight is 264 g/mol. The molecule has 0 fully saturated rings. The van der Waals surface area contributed by atoms with Gasteiger partial charge in [-0.15, -0.1) is 5.10 Å². The quantitative estimate of drug-likeness (QED) is 0.791. The van der Waals surface area contributed by atoms with Crippen molar-refractivity contribution in [2.75, 3.05) is 5.73 Å². The zero-order valence-electron chi connectivity index (χ0n) is 7.55. The van der Waals surface area contributed by atoms with Gasteiger partial charge in [0.05, 0.1) is 5.69 Å².